The van der Waals surface area contributed by atoms with Gasteiger partial charge in [0.2, 0.25) is 0 Å². The first-order valence-corrected chi connectivity index (χ1v) is 8.57. The molecule has 2 rings (SSSR count). The summed E-state index contributed by atoms with van der Waals surface area (Å²) < 4.78 is 13.2. The van der Waals surface area contributed by atoms with Crippen LogP contribution in [0.5, 0.6) is 0 Å². The Morgan fingerprint density at radius 3 is 2.67 bits per heavy atom. The minimum atomic E-state index is -0.313. The SMILES string of the molecule is CCCNC(Cc1ccc(F)cc1Cl)c1scc(C)c1Cl. The van der Waals surface area contributed by atoms with E-state index >= 15 is 0 Å². The van der Waals surface area contributed by atoms with Crippen LogP contribution in [0.4, 0.5) is 4.39 Å². The number of hydrogen-bond acceptors (Lipinski definition) is 2. The van der Waals surface area contributed by atoms with Crippen LogP contribution in [-0.4, -0.2) is 6.54 Å². The van der Waals surface area contributed by atoms with Gasteiger partial charge in [0.05, 0.1) is 5.02 Å². The lowest BCUT2D eigenvalue weighted by Gasteiger charge is -2.19. The summed E-state index contributed by atoms with van der Waals surface area (Å²) in [5, 5.41) is 6.84. The van der Waals surface area contributed by atoms with Gasteiger partial charge in [0.1, 0.15) is 5.82 Å². The van der Waals surface area contributed by atoms with Gasteiger partial charge in [-0.25, -0.2) is 4.39 Å². The summed E-state index contributed by atoms with van der Waals surface area (Å²) >= 11 is 14.2. The molecule has 0 amide bonds. The van der Waals surface area contributed by atoms with Gasteiger partial charge < -0.3 is 5.32 Å². The molecule has 1 aromatic heterocycles. The molecule has 114 valence electrons. The van der Waals surface area contributed by atoms with Crippen molar-refractivity contribution in [1.82, 2.24) is 5.32 Å². The van der Waals surface area contributed by atoms with E-state index in [1.54, 1.807) is 17.4 Å². The molecule has 1 unspecified atom stereocenters. The number of nitrogens with one attached hydrogen (secondary N) is 1. The summed E-state index contributed by atoms with van der Waals surface area (Å²) in [5.41, 5.74) is 2.01. The average molecular weight is 346 g/mol. The maximum Gasteiger partial charge on any atom is 0.124 e. The van der Waals surface area contributed by atoms with Crippen molar-refractivity contribution in [3.63, 3.8) is 0 Å². The third-order valence-corrected chi connectivity index (χ3v) is 5.50. The predicted molar refractivity (Wildman–Crippen MR) is 90.2 cm³/mol. The number of aryl methyl sites for hydroxylation is 1. The van der Waals surface area contributed by atoms with Gasteiger partial charge in [0.15, 0.2) is 0 Å². The van der Waals surface area contributed by atoms with Crippen molar-refractivity contribution in [3.05, 3.63) is 55.4 Å². The maximum atomic E-state index is 13.2. The highest BCUT2D eigenvalue weighted by Gasteiger charge is 2.19. The van der Waals surface area contributed by atoms with Crippen LogP contribution in [0, 0.1) is 12.7 Å². The summed E-state index contributed by atoms with van der Waals surface area (Å²) in [6.07, 6.45) is 1.73. The van der Waals surface area contributed by atoms with E-state index in [0.29, 0.717) is 11.4 Å². The molecule has 1 N–H and O–H groups in total. The number of rotatable bonds is 6. The van der Waals surface area contributed by atoms with Gasteiger partial charge in [0.25, 0.3) is 0 Å². The lowest BCUT2D eigenvalue weighted by atomic mass is 10.0. The van der Waals surface area contributed by atoms with Crippen molar-refractivity contribution in [2.24, 2.45) is 0 Å². The topological polar surface area (TPSA) is 12.0 Å². The average Bonchev–Trinajstić information content (AvgIpc) is 2.77. The Balaban J connectivity index is 2.26. The second-order valence-electron chi connectivity index (χ2n) is 5.04. The largest absolute Gasteiger partial charge is 0.309 e. The molecule has 0 bridgehead atoms. The molecule has 2 aromatic rings. The molecule has 0 spiro atoms. The Labute approximate surface area is 139 Å². The summed E-state index contributed by atoms with van der Waals surface area (Å²) in [4.78, 5) is 1.11. The molecule has 1 nitrogen and oxygen atoms in total. The molecule has 1 atom stereocenters. The van der Waals surface area contributed by atoms with Crippen LogP contribution in [0.3, 0.4) is 0 Å². The Morgan fingerprint density at radius 1 is 1.33 bits per heavy atom. The first-order valence-electron chi connectivity index (χ1n) is 6.93. The first kappa shape index (κ1) is 16.8. The summed E-state index contributed by atoms with van der Waals surface area (Å²) in [5.74, 6) is -0.313. The zero-order valence-electron chi connectivity index (χ0n) is 12.1. The second kappa shape index (κ2) is 7.59. The Hall–Kier alpha value is -0.610. The van der Waals surface area contributed by atoms with Crippen LogP contribution < -0.4 is 5.32 Å². The van der Waals surface area contributed by atoms with Gasteiger partial charge in [-0.3, -0.25) is 0 Å². The third-order valence-electron chi connectivity index (χ3n) is 3.32. The van der Waals surface area contributed by atoms with Crippen LogP contribution >= 0.6 is 34.5 Å². The molecule has 0 aliphatic carbocycles. The standard InChI is InChI=1S/C16H18Cl2FNS/c1-3-6-20-14(16-15(18)10(2)9-21-16)7-11-4-5-12(19)8-13(11)17/h4-5,8-9,14,20H,3,6-7H2,1-2H3. The number of halogens is 3. The van der Waals surface area contributed by atoms with Gasteiger partial charge >= 0.3 is 0 Å². The Bertz CT molecular complexity index is 612. The number of thiophene rings is 1. The normalized spacial score (nSPS) is 12.6. The fourth-order valence-corrected chi connectivity index (χ4v) is 3.81. The van der Waals surface area contributed by atoms with Crippen molar-refractivity contribution in [2.75, 3.05) is 6.54 Å². The third kappa shape index (κ3) is 4.19. The van der Waals surface area contributed by atoms with E-state index in [1.807, 2.05) is 6.92 Å². The Kier molecular flexibility index (Phi) is 6.06. The minimum absolute atomic E-state index is 0.0964. The first-order chi connectivity index (χ1) is 10.0. The summed E-state index contributed by atoms with van der Waals surface area (Å²) in [6, 6.07) is 4.64. The van der Waals surface area contributed by atoms with E-state index in [-0.39, 0.29) is 11.9 Å². The molecule has 0 radical (unpaired) electrons. The highest BCUT2D eigenvalue weighted by Crippen LogP contribution is 2.35. The van der Waals surface area contributed by atoms with Crippen LogP contribution in [0.25, 0.3) is 0 Å². The summed E-state index contributed by atoms with van der Waals surface area (Å²) in [6.45, 7) is 5.02. The van der Waals surface area contributed by atoms with Gasteiger partial charge in [-0.15, -0.1) is 11.3 Å². The van der Waals surface area contributed by atoms with Crippen molar-refractivity contribution >= 4 is 34.5 Å². The van der Waals surface area contributed by atoms with Crippen molar-refractivity contribution in [3.8, 4) is 0 Å². The zero-order valence-corrected chi connectivity index (χ0v) is 14.4. The molecular formula is C16H18Cl2FNS. The van der Waals surface area contributed by atoms with E-state index in [9.17, 15) is 4.39 Å². The van der Waals surface area contributed by atoms with Gasteiger partial charge in [0, 0.05) is 15.9 Å². The fraction of sp³-hybridized carbons (Fsp3) is 0.375. The van der Waals surface area contributed by atoms with Gasteiger partial charge in [-0.2, -0.15) is 0 Å². The maximum absolute atomic E-state index is 13.2. The van der Waals surface area contributed by atoms with E-state index in [1.165, 1.54) is 12.1 Å². The highest BCUT2D eigenvalue weighted by molar-refractivity contribution is 7.10. The minimum Gasteiger partial charge on any atom is -0.309 e. The van der Waals surface area contributed by atoms with E-state index in [0.717, 1.165) is 34.0 Å². The highest BCUT2D eigenvalue weighted by atomic mass is 35.5. The zero-order chi connectivity index (χ0) is 15.4. The molecule has 0 aliphatic heterocycles. The molecule has 21 heavy (non-hydrogen) atoms. The lowest BCUT2D eigenvalue weighted by Crippen LogP contribution is -2.23. The molecule has 1 heterocycles. The Morgan fingerprint density at radius 2 is 2.10 bits per heavy atom. The monoisotopic (exact) mass is 345 g/mol. The van der Waals surface area contributed by atoms with Crippen LogP contribution in [-0.2, 0) is 6.42 Å². The summed E-state index contributed by atoms with van der Waals surface area (Å²) in [7, 11) is 0. The molecule has 5 heteroatoms. The van der Waals surface area contributed by atoms with Gasteiger partial charge in [-0.1, -0.05) is 36.2 Å². The molecular weight excluding hydrogens is 328 g/mol. The van der Waals surface area contributed by atoms with Crippen LogP contribution in [0.1, 0.15) is 35.4 Å². The van der Waals surface area contributed by atoms with E-state index < -0.39 is 0 Å². The molecule has 0 saturated carbocycles. The molecule has 0 aliphatic rings. The van der Waals surface area contributed by atoms with Crippen LogP contribution in [0.2, 0.25) is 10.0 Å². The molecule has 0 fully saturated rings. The second-order valence-corrected chi connectivity index (χ2v) is 6.74. The van der Waals surface area contributed by atoms with Crippen LogP contribution in [0.15, 0.2) is 23.6 Å². The van der Waals surface area contributed by atoms with E-state index in [2.05, 4.69) is 17.6 Å². The predicted octanol–water partition coefficient (Wildman–Crippen LogP) is 5.79. The van der Waals surface area contributed by atoms with Crippen molar-refractivity contribution in [2.45, 2.75) is 32.7 Å². The molecule has 0 saturated heterocycles. The van der Waals surface area contributed by atoms with Crippen molar-refractivity contribution < 1.29 is 4.39 Å². The number of benzene rings is 1. The van der Waals surface area contributed by atoms with E-state index in [4.69, 9.17) is 23.2 Å². The number of hydrogen-bond donors (Lipinski definition) is 1. The fourth-order valence-electron chi connectivity index (χ4n) is 2.17. The quantitative estimate of drug-likeness (QED) is 0.698. The van der Waals surface area contributed by atoms with Crippen molar-refractivity contribution in [1.29, 1.82) is 0 Å². The lowest BCUT2D eigenvalue weighted by molar-refractivity contribution is 0.536. The van der Waals surface area contributed by atoms with Gasteiger partial charge in [-0.05, 0) is 54.9 Å². The smallest absolute Gasteiger partial charge is 0.124 e. The molecule has 1 aromatic carbocycles.